The predicted octanol–water partition coefficient (Wildman–Crippen LogP) is 0.578. The third-order valence-electron chi connectivity index (χ3n) is 1.88. The fraction of sp³-hybridized carbons (Fsp3) is 0.500. The van der Waals surface area contributed by atoms with Crippen LogP contribution >= 0.6 is 11.3 Å². The fourth-order valence-corrected chi connectivity index (χ4v) is 3.81. The van der Waals surface area contributed by atoms with E-state index >= 15 is 0 Å². The Kier molecular flexibility index (Phi) is 4.80. The molecule has 0 aromatic carbocycles. The van der Waals surface area contributed by atoms with Crippen molar-refractivity contribution in [2.75, 3.05) is 25.4 Å². The zero-order valence-corrected chi connectivity index (χ0v) is 10.3. The lowest BCUT2D eigenvalue weighted by molar-refractivity contribution is 0.113. The molecule has 0 bridgehead atoms. The molecule has 17 heavy (non-hydrogen) atoms. The van der Waals surface area contributed by atoms with Gasteiger partial charge in [-0.2, -0.15) is 4.31 Å². The van der Waals surface area contributed by atoms with Crippen LogP contribution in [0.3, 0.4) is 0 Å². The SMILES string of the molecule is Nc1csc(S(=O)(=O)N(CCO)CC(F)F)c1. The largest absolute Gasteiger partial charge is 0.398 e. The van der Waals surface area contributed by atoms with Crippen LogP contribution in [0.2, 0.25) is 0 Å². The third-order valence-corrected chi connectivity index (χ3v) is 5.18. The molecule has 3 N–H and O–H groups in total. The maximum atomic E-state index is 12.3. The molecule has 9 heteroatoms. The molecule has 0 aliphatic carbocycles. The fourth-order valence-electron chi connectivity index (χ4n) is 1.17. The Morgan fingerprint density at radius 3 is 2.59 bits per heavy atom. The highest BCUT2D eigenvalue weighted by Gasteiger charge is 2.28. The molecular weight excluding hydrogens is 274 g/mol. The first-order valence-corrected chi connectivity index (χ1v) is 6.93. The van der Waals surface area contributed by atoms with E-state index in [1.54, 1.807) is 0 Å². The molecule has 0 saturated carbocycles. The zero-order chi connectivity index (χ0) is 13.1. The average molecular weight is 286 g/mol. The van der Waals surface area contributed by atoms with E-state index in [4.69, 9.17) is 10.8 Å². The Balaban J connectivity index is 2.99. The van der Waals surface area contributed by atoms with Gasteiger partial charge in [0.1, 0.15) is 4.21 Å². The van der Waals surface area contributed by atoms with Crippen molar-refractivity contribution < 1.29 is 22.3 Å². The number of aliphatic hydroxyl groups is 1. The van der Waals surface area contributed by atoms with Gasteiger partial charge in [0.25, 0.3) is 16.4 Å². The number of hydrogen-bond acceptors (Lipinski definition) is 5. The third kappa shape index (κ3) is 3.60. The molecule has 0 spiro atoms. The topological polar surface area (TPSA) is 83.6 Å². The van der Waals surface area contributed by atoms with Gasteiger partial charge in [0.05, 0.1) is 13.2 Å². The van der Waals surface area contributed by atoms with E-state index in [0.717, 1.165) is 11.3 Å². The van der Waals surface area contributed by atoms with Crippen LogP contribution < -0.4 is 5.73 Å². The normalized spacial score (nSPS) is 12.5. The first-order chi connectivity index (χ1) is 7.87. The van der Waals surface area contributed by atoms with Gasteiger partial charge in [0.2, 0.25) is 0 Å². The molecule has 0 amide bonds. The maximum absolute atomic E-state index is 12.3. The smallest absolute Gasteiger partial charge is 0.252 e. The average Bonchev–Trinajstić information content (AvgIpc) is 2.64. The van der Waals surface area contributed by atoms with Crippen LogP contribution in [0.25, 0.3) is 0 Å². The molecule has 98 valence electrons. The number of aliphatic hydroxyl groups excluding tert-OH is 1. The summed E-state index contributed by atoms with van der Waals surface area (Å²) in [7, 11) is -4.01. The summed E-state index contributed by atoms with van der Waals surface area (Å²) in [6.07, 6.45) is -2.80. The number of nitrogen functional groups attached to an aromatic ring is 1. The molecule has 0 saturated heterocycles. The van der Waals surface area contributed by atoms with E-state index in [2.05, 4.69) is 0 Å². The van der Waals surface area contributed by atoms with Crippen LogP contribution in [0.5, 0.6) is 0 Å². The number of halogens is 2. The van der Waals surface area contributed by atoms with Crippen molar-refractivity contribution in [2.45, 2.75) is 10.6 Å². The molecular formula is C8H12F2N2O3S2. The van der Waals surface area contributed by atoms with Gasteiger partial charge >= 0.3 is 0 Å². The lowest BCUT2D eigenvalue weighted by Gasteiger charge is -2.19. The molecule has 1 aromatic rings. The summed E-state index contributed by atoms with van der Waals surface area (Å²) in [5.41, 5.74) is 5.64. The minimum absolute atomic E-state index is 0.107. The number of nitrogens with two attached hydrogens (primary N) is 1. The Morgan fingerprint density at radius 2 is 2.18 bits per heavy atom. The van der Waals surface area contributed by atoms with Crippen LogP contribution in [0.4, 0.5) is 14.5 Å². The van der Waals surface area contributed by atoms with Gasteiger partial charge in [0.15, 0.2) is 0 Å². The predicted molar refractivity (Wildman–Crippen MR) is 60.6 cm³/mol. The molecule has 0 aliphatic rings. The minimum Gasteiger partial charge on any atom is -0.398 e. The lowest BCUT2D eigenvalue weighted by atomic mass is 10.6. The Bertz CT molecular complexity index is 461. The molecule has 0 aliphatic heterocycles. The van der Waals surface area contributed by atoms with E-state index in [0.29, 0.717) is 4.31 Å². The minimum atomic E-state index is -4.01. The van der Waals surface area contributed by atoms with Crippen LogP contribution in [0.15, 0.2) is 15.7 Å². The summed E-state index contributed by atoms with van der Waals surface area (Å²) in [5, 5.41) is 10.1. The molecule has 0 fully saturated rings. The van der Waals surface area contributed by atoms with Gasteiger partial charge in [-0.15, -0.1) is 11.3 Å². The number of sulfonamides is 1. The second-order valence-corrected chi connectivity index (χ2v) is 6.25. The molecule has 5 nitrogen and oxygen atoms in total. The van der Waals surface area contributed by atoms with Crippen molar-refractivity contribution in [2.24, 2.45) is 0 Å². The highest BCUT2D eigenvalue weighted by Crippen LogP contribution is 2.25. The maximum Gasteiger partial charge on any atom is 0.252 e. The first-order valence-electron chi connectivity index (χ1n) is 4.61. The number of rotatable bonds is 6. The molecule has 0 unspecified atom stereocenters. The summed E-state index contributed by atoms with van der Waals surface area (Å²) < 4.78 is 48.8. The standard InChI is InChI=1S/C8H12F2N2O3S2/c9-7(10)4-12(1-2-13)17(14,15)8-3-6(11)5-16-8/h3,5,7,13H,1-2,4,11H2. The Morgan fingerprint density at radius 1 is 1.53 bits per heavy atom. The van der Waals surface area contributed by atoms with Crippen molar-refractivity contribution in [1.82, 2.24) is 4.31 Å². The second kappa shape index (κ2) is 5.71. The van der Waals surface area contributed by atoms with Crippen LogP contribution in [-0.4, -0.2) is 44.0 Å². The summed E-state index contributed by atoms with van der Waals surface area (Å²) in [4.78, 5) is 0. The summed E-state index contributed by atoms with van der Waals surface area (Å²) in [5.74, 6) is 0. The molecule has 1 heterocycles. The molecule has 0 radical (unpaired) electrons. The van der Waals surface area contributed by atoms with Gasteiger partial charge in [-0.25, -0.2) is 17.2 Å². The lowest BCUT2D eigenvalue weighted by Crippen LogP contribution is -2.36. The summed E-state index contributed by atoms with van der Waals surface area (Å²) >= 11 is 0.857. The van der Waals surface area contributed by atoms with Crippen molar-refractivity contribution in [3.8, 4) is 0 Å². The highest BCUT2D eigenvalue weighted by atomic mass is 32.2. The number of anilines is 1. The monoisotopic (exact) mass is 286 g/mol. The molecule has 1 aromatic heterocycles. The Labute approximate surface area is 102 Å². The first kappa shape index (κ1) is 14.3. The van der Waals surface area contributed by atoms with Gasteiger partial charge < -0.3 is 10.8 Å². The summed E-state index contributed by atoms with van der Waals surface area (Å²) in [6.45, 7) is -1.84. The van der Waals surface area contributed by atoms with E-state index in [1.807, 2.05) is 0 Å². The van der Waals surface area contributed by atoms with Crippen molar-refractivity contribution >= 4 is 27.0 Å². The Hall–Kier alpha value is -0.770. The van der Waals surface area contributed by atoms with Crippen molar-refractivity contribution in [3.63, 3.8) is 0 Å². The molecule has 0 atom stereocenters. The van der Waals surface area contributed by atoms with Gasteiger partial charge in [-0.05, 0) is 6.07 Å². The number of thiophene rings is 1. The van der Waals surface area contributed by atoms with Crippen LogP contribution in [-0.2, 0) is 10.0 Å². The van der Waals surface area contributed by atoms with E-state index in [9.17, 15) is 17.2 Å². The van der Waals surface area contributed by atoms with Gasteiger partial charge in [-0.3, -0.25) is 0 Å². The highest BCUT2D eigenvalue weighted by molar-refractivity contribution is 7.91. The number of nitrogens with zero attached hydrogens (tertiary/aromatic N) is 1. The van der Waals surface area contributed by atoms with Gasteiger partial charge in [-0.1, -0.05) is 0 Å². The van der Waals surface area contributed by atoms with E-state index < -0.39 is 29.6 Å². The number of alkyl halides is 2. The summed E-state index contributed by atoms with van der Waals surface area (Å²) in [6, 6.07) is 1.20. The second-order valence-electron chi connectivity index (χ2n) is 3.18. The van der Waals surface area contributed by atoms with Gasteiger partial charge in [0, 0.05) is 17.6 Å². The van der Waals surface area contributed by atoms with E-state index in [-0.39, 0.29) is 16.4 Å². The van der Waals surface area contributed by atoms with E-state index in [1.165, 1.54) is 11.4 Å². The van der Waals surface area contributed by atoms with Crippen LogP contribution in [0, 0.1) is 0 Å². The zero-order valence-electron chi connectivity index (χ0n) is 8.71. The van der Waals surface area contributed by atoms with Crippen LogP contribution in [0.1, 0.15) is 0 Å². The molecule has 1 rings (SSSR count). The number of hydrogen-bond donors (Lipinski definition) is 2. The van der Waals surface area contributed by atoms with Crippen molar-refractivity contribution in [1.29, 1.82) is 0 Å². The van der Waals surface area contributed by atoms with Crippen molar-refractivity contribution in [3.05, 3.63) is 11.4 Å². The quantitative estimate of drug-likeness (QED) is 0.801.